The maximum Gasteiger partial charge on any atom is 0.122 e. The van der Waals surface area contributed by atoms with Gasteiger partial charge in [-0.15, -0.1) is 0 Å². The first kappa shape index (κ1) is 9.06. The Morgan fingerprint density at radius 3 is 2.86 bits per heavy atom. The summed E-state index contributed by atoms with van der Waals surface area (Å²) in [5, 5.41) is 6.76. The predicted octanol–water partition coefficient (Wildman–Crippen LogP) is 2.05. The number of oxime groups is 1. The van der Waals surface area contributed by atoms with E-state index < -0.39 is 0 Å². The Hall–Kier alpha value is -1.51. The summed E-state index contributed by atoms with van der Waals surface area (Å²) in [5.74, 6) is 0. The molecule has 0 radical (unpaired) electrons. The van der Waals surface area contributed by atoms with Crippen LogP contribution in [0.3, 0.4) is 0 Å². The normalized spacial score (nSPS) is 16.3. The smallest absolute Gasteiger partial charge is 0.122 e. The van der Waals surface area contributed by atoms with E-state index in [1.165, 1.54) is 17.7 Å². The second-order valence-electron chi connectivity index (χ2n) is 3.24. The van der Waals surface area contributed by atoms with E-state index in [1.807, 2.05) is 0 Å². The van der Waals surface area contributed by atoms with Gasteiger partial charge in [0.2, 0.25) is 0 Å². The SMILES string of the molecule is C1=NOCC1.c1ccc2c(c1)CCN2. The van der Waals surface area contributed by atoms with E-state index in [-0.39, 0.29) is 0 Å². The third kappa shape index (κ3) is 2.25. The number of rotatable bonds is 0. The molecule has 3 nitrogen and oxygen atoms in total. The van der Waals surface area contributed by atoms with Crippen LogP contribution in [0.5, 0.6) is 0 Å². The average molecular weight is 190 g/mol. The summed E-state index contributed by atoms with van der Waals surface area (Å²) in [6, 6.07) is 8.46. The van der Waals surface area contributed by atoms with Crippen LogP contribution < -0.4 is 5.32 Å². The van der Waals surface area contributed by atoms with Crippen LogP contribution in [-0.2, 0) is 11.3 Å². The quantitative estimate of drug-likeness (QED) is 0.679. The van der Waals surface area contributed by atoms with Crippen LogP contribution in [0.15, 0.2) is 29.4 Å². The maximum atomic E-state index is 4.51. The monoisotopic (exact) mass is 190 g/mol. The van der Waals surface area contributed by atoms with Crippen molar-refractivity contribution < 1.29 is 4.84 Å². The molecule has 0 fully saturated rings. The van der Waals surface area contributed by atoms with Gasteiger partial charge < -0.3 is 10.2 Å². The second kappa shape index (κ2) is 4.65. The van der Waals surface area contributed by atoms with Gasteiger partial charge in [0.15, 0.2) is 0 Å². The fourth-order valence-corrected chi connectivity index (χ4v) is 1.51. The zero-order chi connectivity index (χ0) is 9.64. The fourth-order valence-electron chi connectivity index (χ4n) is 1.51. The molecule has 3 heteroatoms. The molecule has 0 unspecified atom stereocenters. The molecule has 2 aliphatic rings. The summed E-state index contributed by atoms with van der Waals surface area (Å²) < 4.78 is 0. The highest BCUT2D eigenvalue weighted by Crippen LogP contribution is 2.19. The minimum absolute atomic E-state index is 0.778. The Kier molecular flexibility index (Phi) is 3.01. The molecule has 1 aromatic rings. The van der Waals surface area contributed by atoms with E-state index in [4.69, 9.17) is 0 Å². The Bertz CT molecular complexity index is 294. The van der Waals surface area contributed by atoms with Crippen LogP contribution in [0.4, 0.5) is 5.69 Å². The van der Waals surface area contributed by atoms with Gasteiger partial charge in [0.05, 0.1) is 0 Å². The number of para-hydroxylation sites is 1. The lowest BCUT2D eigenvalue weighted by Crippen LogP contribution is -1.90. The minimum atomic E-state index is 0.778. The molecule has 1 N–H and O–H groups in total. The van der Waals surface area contributed by atoms with Gasteiger partial charge in [-0.2, -0.15) is 0 Å². The van der Waals surface area contributed by atoms with E-state index >= 15 is 0 Å². The number of anilines is 1. The van der Waals surface area contributed by atoms with Gasteiger partial charge in [0, 0.05) is 24.9 Å². The van der Waals surface area contributed by atoms with Crippen molar-refractivity contribution in [1.82, 2.24) is 0 Å². The Morgan fingerprint density at radius 2 is 2.21 bits per heavy atom. The van der Waals surface area contributed by atoms with Crippen molar-refractivity contribution in [3.8, 4) is 0 Å². The van der Waals surface area contributed by atoms with Crippen LogP contribution in [0.2, 0.25) is 0 Å². The third-order valence-corrected chi connectivity index (χ3v) is 2.21. The molecule has 0 aliphatic carbocycles. The van der Waals surface area contributed by atoms with Crippen LogP contribution in [0.25, 0.3) is 0 Å². The van der Waals surface area contributed by atoms with Gasteiger partial charge in [0.1, 0.15) is 6.61 Å². The van der Waals surface area contributed by atoms with Gasteiger partial charge in [-0.1, -0.05) is 23.4 Å². The van der Waals surface area contributed by atoms with Gasteiger partial charge in [0.25, 0.3) is 0 Å². The van der Waals surface area contributed by atoms with Crippen molar-refractivity contribution >= 4 is 11.9 Å². The highest BCUT2D eigenvalue weighted by Gasteiger charge is 2.05. The molecular weight excluding hydrogens is 176 g/mol. The first-order valence-corrected chi connectivity index (χ1v) is 4.92. The van der Waals surface area contributed by atoms with Crippen molar-refractivity contribution in [3.63, 3.8) is 0 Å². The molecule has 74 valence electrons. The van der Waals surface area contributed by atoms with Crippen LogP contribution >= 0.6 is 0 Å². The number of nitrogens with zero attached hydrogens (tertiary/aromatic N) is 1. The minimum Gasteiger partial charge on any atom is -0.396 e. The molecule has 0 saturated carbocycles. The summed E-state index contributed by atoms with van der Waals surface area (Å²) in [6.07, 6.45) is 3.94. The van der Waals surface area contributed by atoms with E-state index in [9.17, 15) is 0 Å². The van der Waals surface area contributed by atoms with Crippen LogP contribution in [0, 0.1) is 0 Å². The molecule has 0 atom stereocenters. The van der Waals surface area contributed by atoms with E-state index in [0.717, 1.165) is 19.6 Å². The zero-order valence-electron chi connectivity index (χ0n) is 8.07. The van der Waals surface area contributed by atoms with Crippen molar-refractivity contribution in [2.45, 2.75) is 12.8 Å². The Labute approximate surface area is 83.8 Å². The van der Waals surface area contributed by atoms with Crippen LogP contribution in [0.1, 0.15) is 12.0 Å². The van der Waals surface area contributed by atoms with E-state index in [1.54, 1.807) is 6.21 Å². The molecule has 1 aromatic carbocycles. The molecule has 0 aromatic heterocycles. The largest absolute Gasteiger partial charge is 0.396 e. The highest BCUT2D eigenvalue weighted by molar-refractivity contribution is 5.57. The van der Waals surface area contributed by atoms with Crippen LogP contribution in [-0.4, -0.2) is 19.4 Å². The molecule has 2 heterocycles. The molecule has 3 rings (SSSR count). The first-order chi connectivity index (χ1) is 6.97. The molecular formula is C11H14N2O. The van der Waals surface area contributed by atoms with Gasteiger partial charge in [-0.25, -0.2) is 0 Å². The zero-order valence-corrected chi connectivity index (χ0v) is 8.07. The molecule has 2 aliphatic heterocycles. The number of fused-ring (bicyclic) bond motifs is 1. The summed E-state index contributed by atoms with van der Waals surface area (Å²) >= 11 is 0. The summed E-state index contributed by atoms with van der Waals surface area (Å²) in [6.45, 7) is 1.89. The van der Waals surface area contributed by atoms with Crippen molar-refractivity contribution in [2.24, 2.45) is 5.16 Å². The molecule has 0 bridgehead atoms. The van der Waals surface area contributed by atoms with Crippen molar-refractivity contribution in [2.75, 3.05) is 18.5 Å². The lowest BCUT2D eigenvalue weighted by Gasteiger charge is -1.94. The molecule has 14 heavy (non-hydrogen) atoms. The second-order valence-corrected chi connectivity index (χ2v) is 3.24. The number of hydrogen-bond acceptors (Lipinski definition) is 3. The topological polar surface area (TPSA) is 33.6 Å². The number of nitrogens with one attached hydrogen (secondary N) is 1. The van der Waals surface area contributed by atoms with E-state index in [2.05, 4.69) is 39.6 Å². The first-order valence-electron chi connectivity index (χ1n) is 4.92. The maximum absolute atomic E-state index is 4.51. The standard InChI is InChI=1S/C8H9N.C3H5NO/c1-2-4-8-7(3-1)5-6-9-8;1-2-4-5-3-1/h1-4,9H,5-6H2;2H,1,3H2. The number of hydrogen-bond donors (Lipinski definition) is 1. The number of benzene rings is 1. The predicted molar refractivity (Wildman–Crippen MR) is 57.7 cm³/mol. The Balaban J connectivity index is 0.000000128. The summed E-state index contributed by atoms with van der Waals surface area (Å²) in [7, 11) is 0. The molecule has 0 amide bonds. The molecule has 0 saturated heterocycles. The third-order valence-electron chi connectivity index (χ3n) is 2.21. The Morgan fingerprint density at radius 1 is 1.29 bits per heavy atom. The lowest BCUT2D eigenvalue weighted by atomic mass is 10.2. The van der Waals surface area contributed by atoms with Gasteiger partial charge >= 0.3 is 0 Å². The lowest BCUT2D eigenvalue weighted by molar-refractivity contribution is 0.174. The van der Waals surface area contributed by atoms with Gasteiger partial charge in [-0.3, -0.25) is 0 Å². The average Bonchev–Trinajstić information content (AvgIpc) is 2.92. The summed E-state index contributed by atoms with van der Waals surface area (Å²) in [4.78, 5) is 4.51. The summed E-state index contributed by atoms with van der Waals surface area (Å²) in [5.41, 5.74) is 2.77. The molecule has 0 spiro atoms. The fraction of sp³-hybridized carbons (Fsp3) is 0.364. The van der Waals surface area contributed by atoms with Gasteiger partial charge in [-0.05, 0) is 18.1 Å². The van der Waals surface area contributed by atoms with Crippen molar-refractivity contribution in [3.05, 3.63) is 29.8 Å². The highest BCUT2D eigenvalue weighted by atomic mass is 16.6. The van der Waals surface area contributed by atoms with Crippen molar-refractivity contribution in [1.29, 1.82) is 0 Å². The van der Waals surface area contributed by atoms with E-state index in [0.29, 0.717) is 0 Å².